The standard InChI is InChI=1S/C23H19ClF2N2O4/c24-16-5-3-15(4-6-16)23(25,26)19(29)9-2-13-1-7-17-14(11-13)12-28(22(17)32)18-8-10-20(30)27-21(18)31/h1,3-7,11,18H,2,8-10,12H2,(H,27,30,31)/t18-/m0/s1/i2D2,8D2,10D,18D/t10?,18-. The summed E-state index contributed by atoms with van der Waals surface area (Å²) in [6.07, 6.45) is -9.13. The summed E-state index contributed by atoms with van der Waals surface area (Å²) in [6, 6.07) is 4.58. The molecular formula is C23H19ClF2N2O4. The van der Waals surface area contributed by atoms with Gasteiger partial charge in [-0.05, 0) is 42.1 Å². The van der Waals surface area contributed by atoms with E-state index in [0.717, 1.165) is 30.3 Å². The van der Waals surface area contributed by atoms with E-state index in [1.165, 1.54) is 12.1 Å². The highest BCUT2D eigenvalue weighted by Gasteiger charge is 2.41. The molecular weight excluding hydrogens is 442 g/mol. The maximum absolute atomic E-state index is 14.7. The van der Waals surface area contributed by atoms with Crippen molar-refractivity contribution < 1.29 is 36.2 Å². The summed E-state index contributed by atoms with van der Waals surface area (Å²) < 4.78 is 78.5. The maximum Gasteiger partial charge on any atom is 0.330 e. The molecule has 1 fully saturated rings. The Kier molecular flexibility index (Phi) is 4.12. The molecule has 4 rings (SSSR count). The number of carbonyl (C=O) groups excluding carboxylic acids is 4. The van der Waals surface area contributed by atoms with Crippen LogP contribution in [0.5, 0.6) is 0 Å². The van der Waals surface area contributed by atoms with E-state index in [2.05, 4.69) is 0 Å². The molecule has 0 radical (unpaired) electrons. The Bertz CT molecular complexity index is 1370. The first-order chi connectivity index (χ1) is 17.4. The average Bonchev–Trinajstić information content (AvgIpc) is 3.18. The zero-order valence-electron chi connectivity index (χ0n) is 22.2. The number of amides is 3. The van der Waals surface area contributed by atoms with Gasteiger partial charge in [0.1, 0.15) is 6.02 Å². The number of rotatable bonds is 6. The van der Waals surface area contributed by atoms with E-state index in [4.69, 9.17) is 19.8 Å². The van der Waals surface area contributed by atoms with Gasteiger partial charge in [0.25, 0.3) is 5.91 Å². The Morgan fingerprint density at radius 1 is 1.25 bits per heavy atom. The number of hydrogen-bond acceptors (Lipinski definition) is 4. The number of hydrogen-bond donors (Lipinski definition) is 1. The second kappa shape index (κ2) is 8.43. The maximum atomic E-state index is 14.7. The van der Waals surface area contributed by atoms with Crippen LogP contribution in [0, 0.1) is 0 Å². The quantitative estimate of drug-likeness (QED) is 0.661. The molecule has 166 valence electrons. The number of carbonyl (C=O) groups is 4. The highest BCUT2D eigenvalue weighted by Crippen LogP contribution is 2.32. The second-order valence-corrected chi connectivity index (χ2v) is 7.51. The lowest BCUT2D eigenvalue weighted by molar-refractivity contribution is -0.144. The number of piperidine rings is 1. The normalized spacial score (nSPS) is 27.9. The van der Waals surface area contributed by atoms with Crippen molar-refractivity contribution in [1.82, 2.24) is 10.2 Å². The highest BCUT2D eigenvalue weighted by molar-refractivity contribution is 6.30. The predicted octanol–water partition coefficient (Wildman–Crippen LogP) is 3.39. The Balaban J connectivity index is 1.61. The molecule has 2 aliphatic heterocycles. The van der Waals surface area contributed by atoms with Crippen LogP contribution in [0.1, 0.15) is 54.5 Å². The minimum absolute atomic E-state index is 0.0435. The number of alkyl halides is 2. The molecule has 32 heavy (non-hydrogen) atoms. The van der Waals surface area contributed by atoms with Gasteiger partial charge >= 0.3 is 5.92 Å². The van der Waals surface area contributed by atoms with Crippen molar-refractivity contribution in [3.05, 3.63) is 69.7 Å². The van der Waals surface area contributed by atoms with Gasteiger partial charge in [-0.3, -0.25) is 24.5 Å². The van der Waals surface area contributed by atoms with Crippen LogP contribution in [-0.2, 0) is 33.2 Å². The molecule has 0 spiro atoms. The number of ketones is 1. The van der Waals surface area contributed by atoms with Gasteiger partial charge in [-0.2, -0.15) is 8.78 Å². The number of imide groups is 1. The molecule has 2 heterocycles. The number of fused-ring (bicyclic) bond motifs is 1. The van der Waals surface area contributed by atoms with Gasteiger partial charge in [-0.1, -0.05) is 35.9 Å². The summed E-state index contributed by atoms with van der Waals surface area (Å²) >= 11 is 5.69. The zero-order chi connectivity index (χ0) is 28.4. The lowest BCUT2D eigenvalue weighted by Gasteiger charge is -2.29. The van der Waals surface area contributed by atoms with Crippen LogP contribution < -0.4 is 5.32 Å². The number of benzene rings is 2. The fourth-order valence-electron chi connectivity index (χ4n) is 3.33. The number of nitrogens with one attached hydrogen (secondary N) is 1. The molecule has 0 saturated carbocycles. The number of aryl methyl sites for hydroxylation is 1. The molecule has 0 bridgehead atoms. The summed E-state index contributed by atoms with van der Waals surface area (Å²) in [7, 11) is 0. The third-order valence-corrected chi connectivity index (χ3v) is 5.23. The minimum Gasteiger partial charge on any atom is -0.322 e. The summed E-state index contributed by atoms with van der Waals surface area (Å²) in [6.45, 7) is -0.565. The molecule has 2 aromatic carbocycles. The average molecular weight is 467 g/mol. The van der Waals surface area contributed by atoms with Gasteiger partial charge in [0.05, 0.1) is 1.37 Å². The van der Waals surface area contributed by atoms with Crippen molar-refractivity contribution in [2.45, 2.75) is 44.0 Å². The van der Waals surface area contributed by atoms with E-state index in [-0.39, 0.29) is 21.7 Å². The zero-order valence-corrected chi connectivity index (χ0v) is 17.0. The first-order valence-electron chi connectivity index (χ1n) is 12.4. The lowest BCUT2D eigenvalue weighted by Crippen LogP contribution is -2.52. The van der Waals surface area contributed by atoms with Gasteiger partial charge in [0.2, 0.25) is 17.6 Å². The van der Waals surface area contributed by atoms with Crippen LogP contribution in [0.3, 0.4) is 0 Å². The van der Waals surface area contributed by atoms with Crippen molar-refractivity contribution in [1.29, 1.82) is 0 Å². The van der Waals surface area contributed by atoms with Crippen LogP contribution in [-0.4, -0.2) is 34.4 Å². The van der Waals surface area contributed by atoms with Crippen molar-refractivity contribution in [2.75, 3.05) is 0 Å². The number of Topliss-reactive ketones (excluding diaryl/α,β-unsaturated/α-hetero) is 1. The fourth-order valence-corrected chi connectivity index (χ4v) is 3.46. The van der Waals surface area contributed by atoms with Crippen molar-refractivity contribution in [3.8, 4) is 0 Å². The third kappa shape index (κ3) is 4.14. The molecule has 1 unspecified atom stereocenters. The van der Waals surface area contributed by atoms with Gasteiger partial charge < -0.3 is 4.90 Å². The number of halogens is 3. The van der Waals surface area contributed by atoms with Crippen LogP contribution in [0.2, 0.25) is 5.02 Å². The molecule has 1 saturated heterocycles. The molecule has 2 aliphatic rings. The number of nitrogens with zero attached hydrogens (tertiary/aromatic N) is 1. The molecule has 6 nitrogen and oxygen atoms in total. The summed E-state index contributed by atoms with van der Waals surface area (Å²) in [5.74, 6) is -9.40. The smallest absolute Gasteiger partial charge is 0.322 e. The largest absolute Gasteiger partial charge is 0.330 e. The van der Waals surface area contributed by atoms with E-state index in [1.54, 1.807) is 5.32 Å². The molecule has 2 atom stereocenters. The van der Waals surface area contributed by atoms with E-state index >= 15 is 0 Å². The molecule has 0 aromatic heterocycles. The Labute approximate surface area is 196 Å². The lowest BCUT2D eigenvalue weighted by atomic mass is 9.97. The van der Waals surface area contributed by atoms with E-state index in [1.807, 2.05) is 0 Å². The predicted molar refractivity (Wildman–Crippen MR) is 111 cm³/mol. The van der Waals surface area contributed by atoms with Crippen LogP contribution in [0.15, 0.2) is 42.5 Å². The topological polar surface area (TPSA) is 83.6 Å². The van der Waals surface area contributed by atoms with E-state index in [9.17, 15) is 28.0 Å². The van der Waals surface area contributed by atoms with Gasteiger partial charge in [0.15, 0.2) is 0 Å². The van der Waals surface area contributed by atoms with Crippen molar-refractivity contribution >= 4 is 35.1 Å². The molecule has 3 amide bonds. The summed E-state index contributed by atoms with van der Waals surface area (Å²) in [4.78, 5) is 50.3. The van der Waals surface area contributed by atoms with E-state index < -0.39 is 73.1 Å². The molecule has 0 aliphatic carbocycles. The first-order valence-corrected chi connectivity index (χ1v) is 9.72. The van der Waals surface area contributed by atoms with Gasteiger partial charge in [-0.25, -0.2) is 0 Å². The Morgan fingerprint density at radius 2 is 1.97 bits per heavy atom. The SMILES string of the molecule is [2H]C1C(=O)NC(=O)[C@@]([2H])(N2Cc3cc(C([2H])([2H])CC(=O)C(F)(F)c4ccc(Cl)cc4)ccc3C2=O)C1([2H])[2H]. The third-order valence-electron chi connectivity index (χ3n) is 4.98. The van der Waals surface area contributed by atoms with Gasteiger partial charge in [-0.15, -0.1) is 0 Å². The highest BCUT2D eigenvalue weighted by atomic mass is 35.5. The monoisotopic (exact) mass is 466 g/mol. The van der Waals surface area contributed by atoms with Crippen LogP contribution >= 0.6 is 11.6 Å². The Morgan fingerprint density at radius 3 is 2.69 bits per heavy atom. The van der Waals surface area contributed by atoms with Crippen molar-refractivity contribution in [2.24, 2.45) is 0 Å². The van der Waals surface area contributed by atoms with E-state index in [0.29, 0.717) is 4.90 Å². The summed E-state index contributed by atoms with van der Waals surface area (Å²) in [5.41, 5.74) is -0.974. The second-order valence-electron chi connectivity index (χ2n) is 7.08. The molecule has 2 aromatic rings. The molecule has 9 heteroatoms. The molecule has 1 N–H and O–H groups in total. The fraction of sp³-hybridized carbons (Fsp3) is 0.304. The van der Waals surface area contributed by atoms with Crippen molar-refractivity contribution in [3.63, 3.8) is 0 Å². The minimum atomic E-state index is -4.01. The van der Waals surface area contributed by atoms with Gasteiger partial charge in [0, 0.05) is 42.4 Å². The Hall–Kier alpha value is -3.13. The summed E-state index contributed by atoms with van der Waals surface area (Å²) in [5, 5.41) is 1.90. The van der Waals surface area contributed by atoms with Crippen LogP contribution in [0.4, 0.5) is 8.78 Å². The first kappa shape index (κ1) is 15.6. The van der Waals surface area contributed by atoms with Crippen LogP contribution in [0.25, 0.3) is 0 Å².